The van der Waals surface area contributed by atoms with Crippen LogP contribution in [0.25, 0.3) is 11.1 Å². The van der Waals surface area contributed by atoms with Gasteiger partial charge in [-0.2, -0.15) is 0 Å². The minimum absolute atomic E-state index is 0. The molecule has 1 amide bonds. The zero-order chi connectivity index (χ0) is 29.5. The number of carbonyl (C=O) groups is 1. The molecular weight excluding hydrogens is 580 g/mol. The summed E-state index contributed by atoms with van der Waals surface area (Å²) in [5.41, 5.74) is 10.1. The molecule has 0 radical (unpaired) electrons. The molecule has 11 nitrogen and oxygen atoms in total. The van der Waals surface area contributed by atoms with Gasteiger partial charge in [0.2, 0.25) is 0 Å². The summed E-state index contributed by atoms with van der Waals surface area (Å²) in [6, 6.07) is 16.5. The van der Waals surface area contributed by atoms with Crippen LogP contribution in [-0.2, 0) is 37.9 Å². The SMILES string of the molecule is Cl.NCCOCCOCCOCCOCCOCCOCCOCCNC(=O)OCC1c2ccccc2-c2ccccc21. The predicted octanol–water partition coefficient (Wildman–Crippen LogP) is 3.02. The fraction of sp³-hybridized carbons (Fsp3) is 0.581. The lowest BCUT2D eigenvalue weighted by Crippen LogP contribution is -2.29. The highest BCUT2D eigenvalue weighted by molar-refractivity contribution is 5.85. The predicted molar refractivity (Wildman–Crippen MR) is 165 cm³/mol. The monoisotopic (exact) mass is 626 g/mol. The van der Waals surface area contributed by atoms with Crippen molar-refractivity contribution in [2.75, 3.05) is 112 Å². The second-order valence-electron chi connectivity index (χ2n) is 9.33. The lowest BCUT2D eigenvalue weighted by molar-refractivity contribution is -0.0201. The van der Waals surface area contributed by atoms with Crippen molar-refractivity contribution in [3.63, 3.8) is 0 Å². The summed E-state index contributed by atoms with van der Waals surface area (Å²) >= 11 is 0. The number of rotatable bonds is 25. The number of fused-ring (bicyclic) bond motifs is 3. The van der Waals surface area contributed by atoms with Crippen molar-refractivity contribution in [3.05, 3.63) is 59.7 Å². The number of nitrogens with two attached hydrogens (primary N) is 1. The van der Waals surface area contributed by atoms with Gasteiger partial charge in [0.05, 0.1) is 92.5 Å². The second-order valence-corrected chi connectivity index (χ2v) is 9.33. The van der Waals surface area contributed by atoms with Crippen LogP contribution in [0.1, 0.15) is 17.0 Å². The van der Waals surface area contributed by atoms with Crippen LogP contribution >= 0.6 is 12.4 Å². The first-order valence-corrected chi connectivity index (χ1v) is 14.6. The summed E-state index contributed by atoms with van der Waals surface area (Å²) in [6.07, 6.45) is -0.448. The molecule has 1 aliphatic rings. The Kier molecular flexibility index (Phi) is 20.6. The van der Waals surface area contributed by atoms with Crippen LogP contribution in [0.3, 0.4) is 0 Å². The number of amides is 1. The number of alkyl carbamates (subject to hydrolysis) is 1. The largest absolute Gasteiger partial charge is 0.449 e. The smallest absolute Gasteiger partial charge is 0.407 e. The van der Waals surface area contributed by atoms with Crippen LogP contribution in [0.4, 0.5) is 4.79 Å². The van der Waals surface area contributed by atoms with E-state index in [0.717, 1.165) is 0 Å². The van der Waals surface area contributed by atoms with Crippen LogP contribution < -0.4 is 11.1 Å². The fourth-order valence-electron chi connectivity index (χ4n) is 4.38. The van der Waals surface area contributed by atoms with Gasteiger partial charge in [0.25, 0.3) is 0 Å². The number of benzene rings is 2. The Morgan fingerprint density at radius 2 is 0.953 bits per heavy atom. The van der Waals surface area contributed by atoms with E-state index < -0.39 is 6.09 Å². The number of hydrogen-bond acceptors (Lipinski definition) is 10. The molecular formula is C31H47ClN2O9. The van der Waals surface area contributed by atoms with Gasteiger partial charge in [-0.1, -0.05) is 48.5 Å². The quantitative estimate of drug-likeness (QED) is 0.159. The Hall–Kier alpha value is -2.32. The van der Waals surface area contributed by atoms with Crippen LogP contribution in [0, 0.1) is 0 Å². The van der Waals surface area contributed by atoms with E-state index in [0.29, 0.717) is 112 Å². The molecule has 2 aromatic carbocycles. The van der Waals surface area contributed by atoms with Crippen molar-refractivity contribution in [1.82, 2.24) is 5.32 Å². The maximum atomic E-state index is 12.2. The van der Waals surface area contributed by atoms with Crippen molar-refractivity contribution in [2.45, 2.75) is 5.92 Å². The Morgan fingerprint density at radius 3 is 1.37 bits per heavy atom. The third kappa shape index (κ3) is 14.8. The van der Waals surface area contributed by atoms with Crippen molar-refractivity contribution < 1.29 is 42.7 Å². The molecule has 0 saturated heterocycles. The zero-order valence-corrected chi connectivity index (χ0v) is 25.7. The summed E-state index contributed by atoms with van der Waals surface area (Å²) in [4.78, 5) is 12.2. The zero-order valence-electron chi connectivity index (χ0n) is 24.9. The number of ether oxygens (including phenoxy) is 8. The first kappa shape index (κ1) is 36.9. The summed E-state index contributed by atoms with van der Waals surface area (Å²) in [5.74, 6) is 0.0437. The number of carbonyl (C=O) groups excluding carboxylic acids is 1. The van der Waals surface area contributed by atoms with Crippen molar-refractivity contribution >= 4 is 18.5 Å². The molecule has 0 aliphatic heterocycles. The van der Waals surface area contributed by atoms with E-state index >= 15 is 0 Å². The van der Waals surface area contributed by atoms with Gasteiger partial charge in [-0.05, 0) is 22.3 Å². The Bertz CT molecular complexity index is 956. The lowest BCUT2D eigenvalue weighted by atomic mass is 9.98. The molecule has 0 saturated carbocycles. The average molecular weight is 627 g/mol. The normalized spacial score (nSPS) is 12.0. The van der Waals surface area contributed by atoms with E-state index in [9.17, 15) is 4.79 Å². The van der Waals surface area contributed by atoms with Gasteiger partial charge in [-0.25, -0.2) is 4.79 Å². The lowest BCUT2D eigenvalue weighted by Gasteiger charge is -2.14. The minimum atomic E-state index is -0.448. The van der Waals surface area contributed by atoms with Crippen molar-refractivity contribution in [3.8, 4) is 11.1 Å². The molecule has 2 aromatic rings. The Morgan fingerprint density at radius 1 is 0.581 bits per heavy atom. The van der Waals surface area contributed by atoms with Gasteiger partial charge in [-0.15, -0.1) is 12.4 Å². The molecule has 0 aromatic heterocycles. The standard InChI is InChI=1S/C31H46N2O9.ClH/c32-9-11-35-13-15-37-17-19-39-21-23-41-24-22-40-20-18-38-16-14-36-12-10-33-31(34)42-25-30-28-7-3-1-5-26(28)27-6-2-4-8-29(27)30;/h1-8,30H,9-25,32H2,(H,33,34);1H. The van der Waals surface area contributed by atoms with E-state index in [1.54, 1.807) is 0 Å². The third-order valence-corrected chi connectivity index (χ3v) is 6.35. The minimum Gasteiger partial charge on any atom is -0.449 e. The summed E-state index contributed by atoms with van der Waals surface area (Å²) in [5, 5.41) is 2.74. The first-order chi connectivity index (χ1) is 20.8. The van der Waals surface area contributed by atoms with E-state index in [1.165, 1.54) is 22.3 Å². The topological polar surface area (TPSA) is 129 Å². The highest BCUT2D eigenvalue weighted by atomic mass is 35.5. The molecule has 0 bridgehead atoms. The molecule has 43 heavy (non-hydrogen) atoms. The van der Waals surface area contributed by atoms with Crippen LogP contribution in [0.5, 0.6) is 0 Å². The highest BCUT2D eigenvalue weighted by Crippen LogP contribution is 2.44. The molecule has 3 N–H and O–H groups in total. The van der Waals surface area contributed by atoms with Gasteiger partial charge in [-0.3, -0.25) is 0 Å². The summed E-state index contributed by atoms with van der Waals surface area (Å²) < 4.78 is 43.4. The molecule has 0 atom stereocenters. The summed E-state index contributed by atoms with van der Waals surface area (Å²) in [6.45, 7) is 8.09. The van der Waals surface area contributed by atoms with E-state index in [1.807, 2.05) is 24.3 Å². The molecule has 1 aliphatic carbocycles. The molecule has 0 spiro atoms. The highest BCUT2D eigenvalue weighted by Gasteiger charge is 2.28. The second kappa shape index (κ2) is 24.1. The van der Waals surface area contributed by atoms with Crippen molar-refractivity contribution in [1.29, 1.82) is 0 Å². The molecule has 0 fully saturated rings. The van der Waals surface area contributed by atoms with Gasteiger partial charge in [0, 0.05) is 19.0 Å². The van der Waals surface area contributed by atoms with Crippen LogP contribution in [-0.4, -0.2) is 118 Å². The maximum Gasteiger partial charge on any atom is 0.407 e. The Balaban J connectivity index is 0.00000645. The van der Waals surface area contributed by atoms with Crippen LogP contribution in [0.15, 0.2) is 48.5 Å². The first-order valence-electron chi connectivity index (χ1n) is 14.6. The van der Waals surface area contributed by atoms with Gasteiger partial charge in [0.15, 0.2) is 0 Å². The van der Waals surface area contributed by atoms with Gasteiger partial charge < -0.3 is 48.9 Å². The molecule has 0 unspecified atom stereocenters. The maximum absolute atomic E-state index is 12.2. The number of halogens is 1. The fourth-order valence-corrected chi connectivity index (χ4v) is 4.38. The number of hydrogen-bond donors (Lipinski definition) is 2. The average Bonchev–Trinajstić information content (AvgIpc) is 3.34. The van der Waals surface area contributed by atoms with Gasteiger partial charge in [0.1, 0.15) is 6.61 Å². The summed E-state index contributed by atoms with van der Waals surface area (Å²) in [7, 11) is 0. The molecule has 242 valence electrons. The molecule has 12 heteroatoms. The molecule has 3 rings (SSSR count). The van der Waals surface area contributed by atoms with Gasteiger partial charge >= 0.3 is 6.09 Å². The third-order valence-electron chi connectivity index (χ3n) is 6.35. The Labute approximate surface area is 261 Å². The van der Waals surface area contributed by atoms with Crippen molar-refractivity contribution in [2.24, 2.45) is 5.73 Å². The van der Waals surface area contributed by atoms with Crippen LogP contribution in [0.2, 0.25) is 0 Å². The molecule has 0 heterocycles. The number of nitrogens with one attached hydrogen (secondary N) is 1. The van der Waals surface area contributed by atoms with E-state index in [-0.39, 0.29) is 18.3 Å². The van der Waals surface area contributed by atoms with E-state index in [2.05, 4.69) is 29.6 Å². The van der Waals surface area contributed by atoms with E-state index in [4.69, 9.17) is 43.6 Å².